The van der Waals surface area contributed by atoms with Crippen LogP contribution in [-0.4, -0.2) is 25.8 Å². The molecule has 2 heteroatoms. The van der Waals surface area contributed by atoms with Crippen LogP contribution in [0, 0.1) is 13.8 Å². The standard InChI is InChI=1S/C15H25NO/c1-12(2)16-8-10-17-9-7-15-6-5-13(3)11-14(15)4/h5-6,11-12,16H,7-10H2,1-4H3. The minimum absolute atomic E-state index is 0.540. The molecule has 17 heavy (non-hydrogen) atoms. The monoisotopic (exact) mass is 235 g/mol. The molecule has 0 saturated carbocycles. The maximum absolute atomic E-state index is 5.61. The van der Waals surface area contributed by atoms with Gasteiger partial charge in [-0.3, -0.25) is 0 Å². The van der Waals surface area contributed by atoms with Crippen LogP contribution < -0.4 is 5.32 Å². The lowest BCUT2D eigenvalue weighted by atomic mass is 10.0. The first kappa shape index (κ1) is 14.2. The van der Waals surface area contributed by atoms with Gasteiger partial charge in [0.25, 0.3) is 0 Å². The Labute approximate surface area is 105 Å². The lowest BCUT2D eigenvalue weighted by Crippen LogP contribution is -2.26. The highest BCUT2D eigenvalue weighted by Crippen LogP contribution is 2.10. The first-order valence-electron chi connectivity index (χ1n) is 6.47. The van der Waals surface area contributed by atoms with E-state index in [0.717, 1.165) is 26.2 Å². The molecule has 0 unspecified atom stereocenters. The van der Waals surface area contributed by atoms with Crippen LogP contribution in [0.4, 0.5) is 0 Å². The molecular weight excluding hydrogens is 210 g/mol. The van der Waals surface area contributed by atoms with Gasteiger partial charge in [-0.1, -0.05) is 37.6 Å². The first-order chi connectivity index (χ1) is 8.09. The number of aryl methyl sites for hydroxylation is 2. The fraction of sp³-hybridized carbons (Fsp3) is 0.600. The minimum Gasteiger partial charge on any atom is -0.380 e. The third kappa shape index (κ3) is 5.85. The molecule has 1 aromatic carbocycles. The van der Waals surface area contributed by atoms with E-state index in [1.165, 1.54) is 16.7 Å². The van der Waals surface area contributed by atoms with E-state index in [4.69, 9.17) is 4.74 Å². The van der Waals surface area contributed by atoms with Gasteiger partial charge < -0.3 is 10.1 Å². The maximum atomic E-state index is 5.61. The summed E-state index contributed by atoms with van der Waals surface area (Å²) in [6.45, 7) is 11.1. The molecule has 1 aromatic rings. The molecule has 0 heterocycles. The number of nitrogens with one attached hydrogen (secondary N) is 1. The van der Waals surface area contributed by atoms with Crippen LogP contribution >= 0.6 is 0 Å². The molecule has 0 aliphatic carbocycles. The fourth-order valence-electron chi connectivity index (χ4n) is 1.83. The summed E-state index contributed by atoms with van der Waals surface area (Å²) >= 11 is 0. The van der Waals surface area contributed by atoms with Crippen molar-refractivity contribution >= 4 is 0 Å². The SMILES string of the molecule is Cc1ccc(CCOCCNC(C)C)c(C)c1. The predicted molar refractivity (Wildman–Crippen MR) is 73.6 cm³/mol. The number of hydrogen-bond donors (Lipinski definition) is 1. The van der Waals surface area contributed by atoms with E-state index in [2.05, 4.69) is 51.2 Å². The van der Waals surface area contributed by atoms with Gasteiger partial charge in [-0.25, -0.2) is 0 Å². The van der Waals surface area contributed by atoms with Crippen molar-refractivity contribution in [2.75, 3.05) is 19.8 Å². The maximum Gasteiger partial charge on any atom is 0.0591 e. The molecule has 0 amide bonds. The normalized spacial score (nSPS) is 11.1. The summed E-state index contributed by atoms with van der Waals surface area (Å²) in [4.78, 5) is 0. The van der Waals surface area contributed by atoms with Crippen LogP contribution in [0.25, 0.3) is 0 Å². The predicted octanol–water partition coefficient (Wildman–Crippen LogP) is 2.86. The van der Waals surface area contributed by atoms with Gasteiger partial charge in [0.15, 0.2) is 0 Å². The van der Waals surface area contributed by atoms with E-state index in [0.29, 0.717) is 6.04 Å². The zero-order valence-corrected chi connectivity index (χ0v) is 11.5. The van der Waals surface area contributed by atoms with E-state index in [-0.39, 0.29) is 0 Å². The molecule has 0 aliphatic heterocycles. The van der Waals surface area contributed by atoms with Crippen LogP contribution in [0.3, 0.4) is 0 Å². The minimum atomic E-state index is 0.540. The van der Waals surface area contributed by atoms with Crippen molar-refractivity contribution < 1.29 is 4.74 Å². The van der Waals surface area contributed by atoms with Crippen molar-refractivity contribution in [1.82, 2.24) is 5.32 Å². The van der Waals surface area contributed by atoms with E-state index < -0.39 is 0 Å². The average molecular weight is 235 g/mol. The summed E-state index contributed by atoms with van der Waals surface area (Å²) < 4.78 is 5.61. The summed E-state index contributed by atoms with van der Waals surface area (Å²) in [6, 6.07) is 7.15. The molecule has 1 N–H and O–H groups in total. The highest BCUT2D eigenvalue weighted by atomic mass is 16.5. The molecule has 0 fully saturated rings. The van der Waals surface area contributed by atoms with Gasteiger partial charge in [0.2, 0.25) is 0 Å². The van der Waals surface area contributed by atoms with Gasteiger partial charge in [0.1, 0.15) is 0 Å². The molecule has 96 valence electrons. The van der Waals surface area contributed by atoms with E-state index >= 15 is 0 Å². The molecule has 2 nitrogen and oxygen atoms in total. The number of benzene rings is 1. The van der Waals surface area contributed by atoms with Crippen molar-refractivity contribution in [3.63, 3.8) is 0 Å². The molecule has 0 spiro atoms. The van der Waals surface area contributed by atoms with Crippen LogP contribution in [-0.2, 0) is 11.2 Å². The van der Waals surface area contributed by atoms with Crippen LogP contribution in [0.1, 0.15) is 30.5 Å². The van der Waals surface area contributed by atoms with Crippen molar-refractivity contribution in [2.45, 2.75) is 40.2 Å². The second-order valence-electron chi connectivity index (χ2n) is 4.90. The molecule has 0 radical (unpaired) electrons. The molecule has 0 aromatic heterocycles. The number of ether oxygens (including phenoxy) is 1. The second kappa shape index (κ2) is 7.46. The lowest BCUT2D eigenvalue weighted by Gasteiger charge is -2.10. The number of rotatable bonds is 7. The van der Waals surface area contributed by atoms with Gasteiger partial charge in [0, 0.05) is 12.6 Å². The Balaban J connectivity index is 2.18. The largest absolute Gasteiger partial charge is 0.380 e. The van der Waals surface area contributed by atoms with Crippen molar-refractivity contribution in [3.05, 3.63) is 34.9 Å². The van der Waals surface area contributed by atoms with Gasteiger partial charge in [-0.15, -0.1) is 0 Å². The van der Waals surface area contributed by atoms with Crippen LogP contribution in [0.15, 0.2) is 18.2 Å². The van der Waals surface area contributed by atoms with E-state index in [9.17, 15) is 0 Å². The topological polar surface area (TPSA) is 21.3 Å². The summed E-state index contributed by atoms with van der Waals surface area (Å²) in [5, 5.41) is 3.34. The smallest absolute Gasteiger partial charge is 0.0591 e. The van der Waals surface area contributed by atoms with Gasteiger partial charge in [-0.2, -0.15) is 0 Å². The van der Waals surface area contributed by atoms with E-state index in [1.807, 2.05) is 0 Å². The Hall–Kier alpha value is -0.860. The molecule has 0 aliphatic rings. The van der Waals surface area contributed by atoms with Crippen molar-refractivity contribution in [2.24, 2.45) is 0 Å². The number of hydrogen-bond acceptors (Lipinski definition) is 2. The van der Waals surface area contributed by atoms with Crippen molar-refractivity contribution in [3.8, 4) is 0 Å². The zero-order chi connectivity index (χ0) is 12.7. The summed E-state index contributed by atoms with van der Waals surface area (Å²) in [6.07, 6.45) is 1.01. The zero-order valence-electron chi connectivity index (χ0n) is 11.5. The lowest BCUT2D eigenvalue weighted by molar-refractivity contribution is 0.137. The molecule has 0 atom stereocenters. The Morgan fingerprint density at radius 3 is 2.59 bits per heavy atom. The highest BCUT2D eigenvalue weighted by molar-refractivity contribution is 5.30. The quantitative estimate of drug-likeness (QED) is 0.734. The summed E-state index contributed by atoms with van der Waals surface area (Å²) in [5.41, 5.74) is 4.09. The Morgan fingerprint density at radius 1 is 1.18 bits per heavy atom. The summed E-state index contributed by atoms with van der Waals surface area (Å²) in [5.74, 6) is 0. The summed E-state index contributed by atoms with van der Waals surface area (Å²) in [7, 11) is 0. The first-order valence-corrected chi connectivity index (χ1v) is 6.47. The van der Waals surface area contributed by atoms with Crippen LogP contribution in [0.5, 0.6) is 0 Å². The van der Waals surface area contributed by atoms with E-state index in [1.54, 1.807) is 0 Å². The molecule has 1 rings (SSSR count). The molecular formula is C15H25NO. The molecule has 0 saturated heterocycles. The Kier molecular flexibility index (Phi) is 6.23. The fourth-order valence-corrected chi connectivity index (χ4v) is 1.83. The third-order valence-corrected chi connectivity index (χ3v) is 2.81. The van der Waals surface area contributed by atoms with Crippen LogP contribution in [0.2, 0.25) is 0 Å². The van der Waals surface area contributed by atoms with Crippen molar-refractivity contribution in [1.29, 1.82) is 0 Å². The van der Waals surface area contributed by atoms with Gasteiger partial charge >= 0.3 is 0 Å². The molecule has 0 bridgehead atoms. The van der Waals surface area contributed by atoms with Gasteiger partial charge in [-0.05, 0) is 31.4 Å². The average Bonchev–Trinajstić information content (AvgIpc) is 2.25. The third-order valence-electron chi connectivity index (χ3n) is 2.81. The Bertz CT molecular complexity index is 334. The highest BCUT2D eigenvalue weighted by Gasteiger charge is 1.99. The Morgan fingerprint density at radius 2 is 1.94 bits per heavy atom. The van der Waals surface area contributed by atoms with Gasteiger partial charge in [0.05, 0.1) is 13.2 Å². The second-order valence-corrected chi connectivity index (χ2v) is 4.90.